The fourth-order valence-corrected chi connectivity index (χ4v) is 14.5. The van der Waals surface area contributed by atoms with Crippen LogP contribution < -0.4 is 36.0 Å². The van der Waals surface area contributed by atoms with E-state index in [0.29, 0.717) is 0 Å². The van der Waals surface area contributed by atoms with Crippen molar-refractivity contribution in [2.45, 2.75) is 0 Å². The van der Waals surface area contributed by atoms with Crippen molar-refractivity contribution < 1.29 is 8.83 Å². The largest absolute Gasteiger partial charge is 0.456 e. The molecule has 0 aliphatic carbocycles. The SMILES string of the molecule is c1ccc(-c2cc3c4c(c2)N(c2ccc(N(c5ccccc5)c5ccccc5)cc2)c2cc(-c5ccccc5)c5c(oc6ccccc65)c2B4c2c(cc(-c4ccccc4)c4c2oc2ccccc24)N3c2ccc(N(c3ccccc3)c3ccccc3)cc2)cc1. The number of rotatable bonds is 11. The summed E-state index contributed by atoms with van der Waals surface area (Å²) in [6, 6.07) is 120. The molecule has 0 saturated carbocycles. The van der Waals surface area contributed by atoms with Gasteiger partial charge in [-0.15, -0.1) is 0 Å². The van der Waals surface area contributed by atoms with Crippen molar-refractivity contribution in [3.05, 3.63) is 334 Å². The molecule has 6 nitrogen and oxygen atoms in total. The van der Waals surface area contributed by atoms with Crippen molar-refractivity contribution in [2.75, 3.05) is 19.6 Å². The van der Waals surface area contributed by atoms with Crippen LogP contribution in [-0.4, -0.2) is 6.71 Å². The molecule has 0 fully saturated rings. The topological polar surface area (TPSA) is 39.2 Å². The van der Waals surface area contributed by atoms with E-state index in [1.807, 2.05) is 0 Å². The number of para-hydroxylation sites is 6. The summed E-state index contributed by atoms with van der Waals surface area (Å²) in [7, 11) is 0. The quantitative estimate of drug-likeness (QED) is 0.120. The van der Waals surface area contributed by atoms with E-state index in [4.69, 9.17) is 8.83 Å². The van der Waals surface area contributed by atoms with Gasteiger partial charge in [-0.25, -0.2) is 0 Å². The Morgan fingerprint density at radius 1 is 0.253 bits per heavy atom. The van der Waals surface area contributed by atoms with Crippen LogP contribution in [0.15, 0.2) is 342 Å². The van der Waals surface area contributed by atoms with Crippen molar-refractivity contribution in [1.29, 1.82) is 0 Å². The molecule has 16 aromatic rings. The molecule has 0 N–H and O–H groups in total. The third kappa shape index (κ3) is 8.50. The fourth-order valence-electron chi connectivity index (χ4n) is 14.5. The lowest BCUT2D eigenvalue weighted by atomic mass is 9.33. The summed E-state index contributed by atoms with van der Waals surface area (Å²) in [5.74, 6) is 0. The van der Waals surface area contributed by atoms with Crippen LogP contribution in [0, 0.1) is 0 Å². The number of fused-ring (bicyclic) bond motifs is 12. The van der Waals surface area contributed by atoms with Gasteiger partial charge in [-0.1, -0.05) is 200 Å². The molecule has 18 rings (SSSR count). The van der Waals surface area contributed by atoms with Gasteiger partial charge in [-0.2, -0.15) is 0 Å². The molecule has 2 aliphatic heterocycles. The Morgan fingerprint density at radius 3 is 0.912 bits per heavy atom. The standard InChI is InChI=1S/C84H55BN4O2/c1-8-26-56(27-9-1)59-52-72-80-73(53-59)89(67-50-46-65(47-51-67)87(62-36-18-6-19-37-62)63-38-20-7-21-39-63)75-55-71(58-30-12-3-13-31-58)79-69-41-23-25-43-77(69)91-84(79)82(75)85(80)81-74(54-70(57-28-10-2-11-29-57)78-68-40-22-24-42-76(68)90-83(78)81)88(72)66-48-44-64(45-49-66)86(60-32-14-4-15-33-60)61-34-16-5-17-35-61/h1-55H. The Morgan fingerprint density at radius 2 is 0.549 bits per heavy atom. The first kappa shape index (κ1) is 52.1. The molecule has 0 saturated heterocycles. The van der Waals surface area contributed by atoms with Gasteiger partial charge in [0, 0.05) is 89.8 Å². The lowest BCUT2D eigenvalue weighted by molar-refractivity contribution is 0.671. The van der Waals surface area contributed by atoms with Crippen molar-refractivity contribution in [3.63, 3.8) is 0 Å². The lowest BCUT2D eigenvalue weighted by Gasteiger charge is -2.44. The van der Waals surface area contributed by atoms with E-state index in [1.165, 1.54) is 0 Å². The first-order chi connectivity index (χ1) is 45.2. The maximum absolute atomic E-state index is 7.57. The summed E-state index contributed by atoms with van der Waals surface area (Å²) in [6.45, 7) is -0.412. The number of hydrogen-bond acceptors (Lipinski definition) is 6. The average Bonchev–Trinajstić information content (AvgIpc) is 1.64. The van der Waals surface area contributed by atoms with E-state index in [-0.39, 0.29) is 0 Å². The van der Waals surface area contributed by atoms with E-state index >= 15 is 0 Å². The third-order valence-electron chi connectivity index (χ3n) is 18.4. The zero-order valence-electron chi connectivity index (χ0n) is 49.4. The molecule has 2 aliphatic rings. The van der Waals surface area contributed by atoms with Gasteiger partial charge in [0.15, 0.2) is 0 Å². The monoisotopic (exact) mass is 1160 g/mol. The van der Waals surface area contributed by atoms with Gasteiger partial charge in [0.2, 0.25) is 0 Å². The van der Waals surface area contributed by atoms with Crippen LogP contribution in [0.2, 0.25) is 0 Å². The Bertz CT molecular complexity index is 5000. The molecule has 426 valence electrons. The van der Waals surface area contributed by atoms with E-state index in [1.54, 1.807) is 0 Å². The van der Waals surface area contributed by atoms with Crippen LogP contribution in [0.4, 0.5) is 68.2 Å². The van der Waals surface area contributed by atoms with E-state index < -0.39 is 6.71 Å². The molecule has 0 amide bonds. The Labute approximate surface area is 527 Å². The molecule has 0 radical (unpaired) electrons. The lowest BCUT2D eigenvalue weighted by Crippen LogP contribution is -2.61. The van der Waals surface area contributed by atoms with Crippen molar-refractivity contribution >= 4 is 135 Å². The maximum atomic E-state index is 7.57. The Hall–Kier alpha value is -12.1. The normalized spacial score (nSPS) is 12.3. The number of benzene rings is 14. The Balaban J connectivity index is 0.974. The zero-order valence-corrected chi connectivity index (χ0v) is 49.4. The van der Waals surface area contributed by atoms with Crippen LogP contribution in [0.5, 0.6) is 0 Å². The molecule has 7 heteroatoms. The van der Waals surface area contributed by atoms with Gasteiger partial charge in [0.05, 0.1) is 0 Å². The summed E-state index contributed by atoms with van der Waals surface area (Å²) in [6.07, 6.45) is 0. The molecule has 0 bridgehead atoms. The van der Waals surface area contributed by atoms with Crippen LogP contribution >= 0.6 is 0 Å². The first-order valence-corrected chi connectivity index (χ1v) is 31.1. The van der Waals surface area contributed by atoms with E-state index in [9.17, 15) is 0 Å². The number of furan rings is 2. The van der Waals surface area contributed by atoms with Crippen molar-refractivity contribution in [2.24, 2.45) is 0 Å². The van der Waals surface area contributed by atoms with Crippen LogP contribution in [0.1, 0.15) is 0 Å². The smallest absolute Gasteiger partial charge is 0.261 e. The minimum absolute atomic E-state index is 0.412. The molecular formula is C84H55BN4O2. The van der Waals surface area contributed by atoms with Crippen LogP contribution in [-0.2, 0) is 0 Å². The second-order valence-electron chi connectivity index (χ2n) is 23.5. The molecule has 14 aromatic carbocycles. The van der Waals surface area contributed by atoms with Crippen molar-refractivity contribution in [1.82, 2.24) is 0 Å². The van der Waals surface area contributed by atoms with E-state index in [0.717, 1.165) is 162 Å². The average molecular weight is 1160 g/mol. The minimum atomic E-state index is -0.412. The molecular weight excluding hydrogens is 1110 g/mol. The summed E-state index contributed by atoms with van der Waals surface area (Å²) in [4.78, 5) is 9.70. The van der Waals surface area contributed by atoms with Crippen molar-refractivity contribution in [3.8, 4) is 33.4 Å². The zero-order chi connectivity index (χ0) is 59.9. The minimum Gasteiger partial charge on any atom is -0.456 e. The summed E-state index contributed by atoms with van der Waals surface area (Å²) in [5, 5.41) is 4.28. The molecule has 91 heavy (non-hydrogen) atoms. The molecule has 0 atom stereocenters. The van der Waals surface area contributed by atoms with Gasteiger partial charge in [0.25, 0.3) is 6.71 Å². The number of nitrogens with zero attached hydrogens (tertiary/aromatic N) is 4. The number of anilines is 12. The van der Waals surface area contributed by atoms with Crippen LogP contribution in [0.3, 0.4) is 0 Å². The predicted octanol–water partition coefficient (Wildman–Crippen LogP) is 21.5. The molecule has 4 heterocycles. The highest BCUT2D eigenvalue weighted by atomic mass is 16.3. The molecule has 0 unspecified atom stereocenters. The van der Waals surface area contributed by atoms with Gasteiger partial charge < -0.3 is 28.4 Å². The summed E-state index contributed by atoms with van der Waals surface area (Å²) in [5.41, 5.74) is 25.8. The van der Waals surface area contributed by atoms with Gasteiger partial charge in [-0.3, -0.25) is 0 Å². The third-order valence-corrected chi connectivity index (χ3v) is 18.4. The molecule has 2 aromatic heterocycles. The molecule has 0 spiro atoms. The first-order valence-electron chi connectivity index (χ1n) is 31.1. The second kappa shape index (κ2) is 21.4. The summed E-state index contributed by atoms with van der Waals surface area (Å²) >= 11 is 0. The second-order valence-corrected chi connectivity index (χ2v) is 23.5. The number of hydrogen-bond donors (Lipinski definition) is 0. The highest BCUT2D eigenvalue weighted by molar-refractivity contribution is 7.03. The fraction of sp³-hybridized carbons (Fsp3) is 0. The summed E-state index contributed by atoms with van der Waals surface area (Å²) < 4.78 is 15.1. The Kier molecular flexibility index (Phi) is 12.2. The maximum Gasteiger partial charge on any atom is 0.261 e. The van der Waals surface area contributed by atoms with E-state index in [2.05, 4.69) is 353 Å². The van der Waals surface area contributed by atoms with Gasteiger partial charge in [-0.05, 0) is 183 Å². The highest BCUT2D eigenvalue weighted by Gasteiger charge is 2.48. The van der Waals surface area contributed by atoms with Crippen LogP contribution in [0.25, 0.3) is 77.3 Å². The highest BCUT2D eigenvalue weighted by Crippen LogP contribution is 2.53. The van der Waals surface area contributed by atoms with Gasteiger partial charge >= 0.3 is 0 Å². The predicted molar refractivity (Wildman–Crippen MR) is 381 cm³/mol. The van der Waals surface area contributed by atoms with Gasteiger partial charge in [0.1, 0.15) is 22.3 Å².